The van der Waals surface area contributed by atoms with Gasteiger partial charge >= 0.3 is 0 Å². The minimum Gasteiger partial charge on any atom is -0.348 e. The molecule has 1 amide bonds. The smallest absolute Gasteiger partial charge is 0.262 e. The first-order chi connectivity index (χ1) is 14.0. The van der Waals surface area contributed by atoms with Gasteiger partial charge in [-0.15, -0.1) is 11.3 Å². The molecule has 2 heterocycles. The van der Waals surface area contributed by atoms with E-state index in [9.17, 15) is 9.59 Å². The van der Waals surface area contributed by atoms with Crippen molar-refractivity contribution in [1.82, 2.24) is 14.9 Å². The highest BCUT2D eigenvalue weighted by molar-refractivity contribution is 7.18. The van der Waals surface area contributed by atoms with Crippen molar-refractivity contribution < 1.29 is 4.79 Å². The minimum absolute atomic E-state index is 0.0137. The zero-order valence-corrected chi connectivity index (χ0v) is 18.0. The van der Waals surface area contributed by atoms with E-state index in [-0.39, 0.29) is 24.1 Å². The third kappa shape index (κ3) is 3.99. The van der Waals surface area contributed by atoms with Crippen molar-refractivity contribution in [3.05, 3.63) is 62.5 Å². The van der Waals surface area contributed by atoms with E-state index in [0.29, 0.717) is 5.92 Å². The number of fused-ring (bicyclic) bond motifs is 3. The first-order valence-corrected chi connectivity index (χ1v) is 11.2. The van der Waals surface area contributed by atoms with E-state index in [1.54, 1.807) is 11.3 Å². The molecule has 6 heteroatoms. The highest BCUT2D eigenvalue weighted by atomic mass is 32.1. The highest BCUT2D eigenvalue weighted by Gasteiger charge is 2.23. The quantitative estimate of drug-likeness (QED) is 0.692. The Balaban J connectivity index is 1.52. The first kappa shape index (κ1) is 19.8. The number of amides is 1. The second kappa shape index (κ2) is 8.11. The van der Waals surface area contributed by atoms with Crippen LogP contribution in [0.3, 0.4) is 0 Å². The normalized spacial score (nSPS) is 17.1. The molecule has 2 atom stereocenters. The Morgan fingerprint density at radius 3 is 2.83 bits per heavy atom. The molecule has 1 N–H and O–H groups in total. The molecule has 0 aliphatic heterocycles. The van der Waals surface area contributed by atoms with Crippen molar-refractivity contribution in [3.8, 4) is 0 Å². The number of carbonyl (C=O) groups is 1. The van der Waals surface area contributed by atoms with Crippen LogP contribution < -0.4 is 10.9 Å². The Labute approximate surface area is 174 Å². The van der Waals surface area contributed by atoms with E-state index in [4.69, 9.17) is 0 Å². The zero-order valence-electron chi connectivity index (χ0n) is 17.2. The van der Waals surface area contributed by atoms with E-state index in [0.717, 1.165) is 47.0 Å². The van der Waals surface area contributed by atoms with Gasteiger partial charge in [0.25, 0.3) is 5.56 Å². The van der Waals surface area contributed by atoms with Gasteiger partial charge < -0.3 is 5.32 Å². The van der Waals surface area contributed by atoms with Crippen LogP contribution in [0.15, 0.2) is 35.4 Å². The summed E-state index contributed by atoms with van der Waals surface area (Å²) in [7, 11) is 0. The second-order valence-corrected chi connectivity index (χ2v) is 9.18. The van der Waals surface area contributed by atoms with Crippen molar-refractivity contribution in [2.24, 2.45) is 5.92 Å². The summed E-state index contributed by atoms with van der Waals surface area (Å²) in [5.41, 5.74) is 3.38. The molecule has 1 aliphatic carbocycles. The molecule has 29 heavy (non-hydrogen) atoms. The number of nitrogens with one attached hydrogen (secondary N) is 1. The third-order valence-electron chi connectivity index (χ3n) is 5.86. The molecule has 152 valence electrons. The van der Waals surface area contributed by atoms with Gasteiger partial charge in [0.1, 0.15) is 11.4 Å². The lowest BCUT2D eigenvalue weighted by atomic mass is 9.89. The van der Waals surface area contributed by atoms with Crippen molar-refractivity contribution in [3.63, 3.8) is 0 Å². The van der Waals surface area contributed by atoms with Crippen LogP contribution in [0.25, 0.3) is 10.2 Å². The number of thiophene rings is 1. The molecule has 4 rings (SSSR count). The molecular formula is C23H27N3O2S. The van der Waals surface area contributed by atoms with Crippen molar-refractivity contribution in [2.75, 3.05) is 0 Å². The summed E-state index contributed by atoms with van der Waals surface area (Å²) in [5, 5.41) is 3.71. The predicted octanol–water partition coefficient (Wildman–Crippen LogP) is 4.02. The average molecular weight is 410 g/mol. The van der Waals surface area contributed by atoms with Crippen LogP contribution in [0, 0.1) is 5.92 Å². The molecular weight excluding hydrogens is 382 g/mol. The molecule has 0 fully saturated rings. The molecule has 5 nitrogen and oxygen atoms in total. The van der Waals surface area contributed by atoms with Crippen molar-refractivity contribution in [1.29, 1.82) is 0 Å². The Bertz CT molecular complexity index is 1100. The summed E-state index contributed by atoms with van der Waals surface area (Å²) in [4.78, 5) is 32.2. The monoisotopic (exact) mass is 409 g/mol. The van der Waals surface area contributed by atoms with Gasteiger partial charge in [0.05, 0.1) is 17.8 Å². The van der Waals surface area contributed by atoms with Gasteiger partial charge in [0.2, 0.25) is 5.91 Å². The van der Waals surface area contributed by atoms with Gasteiger partial charge in [-0.2, -0.15) is 0 Å². The SMILES string of the molecule is CCc1ccc(C(C)NC(=O)Cn2cnc3sc4c(c3c2=O)CCC(C)C4)cc1. The van der Waals surface area contributed by atoms with Crippen molar-refractivity contribution >= 4 is 27.5 Å². The van der Waals surface area contributed by atoms with Crippen molar-refractivity contribution in [2.45, 2.75) is 59.0 Å². The molecule has 1 aromatic carbocycles. The zero-order chi connectivity index (χ0) is 20.5. The van der Waals surface area contributed by atoms with Gasteiger partial charge in [-0.3, -0.25) is 14.2 Å². The van der Waals surface area contributed by atoms with Crippen LogP contribution in [0.5, 0.6) is 0 Å². The summed E-state index contributed by atoms with van der Waals surface area (Å²) in [6, 6.07) is 8.14. The number of aryl methyl sites for hydroxylation is 2. The number of nitrogens with zero attached hydrogens (tertiary/aromatic N) is 2. The first-order valence-electron chi connectivity index (χ1n) is 10.3. The van der Waals surface area contributed by atoms with Crippen LogP contribution in [-0.2, 0) is 30.6 Å². The molecule has 1 aliphatic rings. The van der Waals surface area contributed by atoms with E-state index in [2.05, 4.69) is 36.3 Å². The number of aromatic nitrogens is 2. The van der Waals surface area contributed by atoms with Gasteiger partial charge in [0, 0.05) is 4.88 Å². The summed E-state index contributed by atoms with van der Waals surface area (Å²) < 4.78 is 1.44. The van der Waals surface area contributed by atoms with Gasteiger partial charge in [-0.05, 0) is 55.2 Å². The van der Waals surface area contributed by atoms with Crippen LogP contribution in [0.2, 0.25) is 0 Å². The molecule has 2 unspecified atom stereocenters. The minimum atomic E-state index is -0.182. The van der Waals surface area contributed by atoms with E-state index in [1.807, 2.05) is 19.1 Å². The van der Waals surface area contributed by atoms with Crippen LogP contribution in [0.1, 0.15) is 54.8 Å². The fraction of sp³-hybridized carbons (Fsp3) is 0.435. The predicted molar refractivity (Wildman–Crippen MR) is 117 cm³/mol. The number of hydrogen-bond donors (Lipinski definition) is 1. The highest BCUT2D eigenvalue weighted by Crippen LogP contribution is 2.35. The number of benzene rings is 1. The molecule has 0 saturated heterocycles. The fourth-order valence-corrected chi connectivity index (χ4v) is 5.39. The van der Waals surface area contributed by atoms with E-state index in [1.165, 1.54) is 21.3 Å². The number of hydrogen-bond acceptors (Lipinski definition) is 4. The Morgan fingerprint density at radius 1 is 1.34 bits per heavy atom. The number of rotatable bonds is 5. The molecule has 0 bridgehead atoms. The molecule has 0 saturated carbocycles. The van der Waals surface area contributed by atoms with Gasteiger partial charge in [0.15, 0.2) is 0 Å². The summed E-state index contributed by atoms with van der Waals surface area (Å²) >= 11 is 1.63. The van der Waals surface area contributed by atoms with E-state index < -0.39 is 0 Å². The molecule has 2 aromatic heterocycles. The second-order valence-electron chi connectivity index (χ2n) is 8.09. The largest absolute Gasteiger partial charge is 0.348 e. The Kier molecular flexibility index (Phi) is 5.54. The fourth-order valence-electron chi connectivity index (χ4n) is 4.05. The Morgan fingerprint density at radius 2 is 2.10 bits per heavy atom. The maximum absolute atomic E-state index is 13.1. The van der Waals surface area contributed by atoms with Crippen LogP contribution >= 0.6 is 11.3 Å². The summed E-state index contributed by atoms with van der Waals surface area (Å²) in [6.45, 7) is 6.31. The standard InChI is InChI=1S/C23H27N3O2S/c1-4-16-6-8-17(9-7-16)15(3)25-20(27)12-26-13-24-22-21(23(26)28)18-10-5-14(2)11-19(18)29-22/h6-9,13-15H,4-5,10-12H2,1-3H3,(H,25,27). The van der Waals surface area contributed by atoms with Crippen LogP contribution in [0.4, 0.5) is 0 Å². The lowest BCUT2D eigenvalue weighted by Crippen LogP contribution is -2.34. The maximum atomic E-state index is 13.1. The van der Waals surface area contributed by atoms with Crippen LogP contribution in [-0.4, -0.2) is 15.5 Å². The lowest BCUT2D eigenvalue weighted by Gasteiger charge is -2.17. The average Bonchev–Trinajstić information content (AvgIpc) is 3.08. The summed E-state index contributed by atoms with van der Waals surface area (Å²) in [6.07, 6.45) is 5.54. The maximum Gasteiger partial charge on any atom is 0.262 e. The Hall–Kier alpha value is -2.47. The molecule has 0 radical (unpaired) electrons. The summed E-state index contributed by atoms with van der Waals surface area (Å²) in [5.74, 6) is 0.467. The number of carbonyl (C=O) groups excluding carboxylic acids is 1. The molecule has 0 spiro atoms. The molecule has 3 aromatic rings. The van der Waals surface area contributed by atoms with E-state index >= 15 is 0 Å². The lowest BCUT2D eigenvalue weighted by molar-refractivity contribution is -0.122. The van der Waals surface area contributed by atoms with Gasteiger partial charge in [-0.1, -0.05) is 38.1 Å². The third-order valence-corrected chi connectivity index (χ3v) is 7.02. The topological polar surface area (TPSA) is 64.0 Å². The van der Waals surface area contributed by atoms with Gasteiger partial charge in [-0.25, -0.2) is 4.98 Å².